The quantitative estimate of drug-likeness (QED) is 0.594. The number of carbonyl (C=O) groups is 3. The van der Waals surface area contributed by atoms with Crippen LogP contribution in [0.25, 0.3) is 0 Å². The number of piperidine rings is 1. The van der Waals surface area contributed by atoms with E-state index in [1.807, 2.05) is 0 Å². The van der Waals surface area contributed by atoms with Crippen LogP contribution in [0, 0.1) is 0 Å². The lowest BCUT2D eigenvalue weighted by molar-refractivity contribution is -0.128. The van der Waals surface area contributed by atoms with Gasteiger partial charge in [-0.25, -0.2) is 0 Å². The molecule has 202 valence electrons. The number of hydrogen-bond donors (Lipinski definition) is 1. The van der Waals surface area contributed by atoms with Gasteiger partial charge in [-0.3, -0.25) is 19.3 Å². The van der Waals surface area contributed by atoms with Crippen molar-refractivity contribution in [3.63, 3.8) is 0 Å². The minimum atomic E-state index is -0.975. The van der Waals surface area contributed by atoms with Gasteiger partial charge in [0.05, 0.1) is 27.9 Å². The number of likely N-dealkylation sites (tertiary alicyclic amines) is 1. The number of nitrogens with one attached hydrogen (secondary N) is 1. The Morgan fingerprint density at radius 2 is 1.53 bits per heavy atom. The van der Waals surface area contributed by atoms with Gasteiger partial charge in [0.25, 0.3) is 11.8 Å². The van der Waals surface area contributed by atoms with Crippen LogP contribution < -0.4 is 19.5 Å². The van der Waals surface area contributed by atoms with Gasteiger partial charge >= 0.3 is 0 Å². The van der Waals surface area contributed by atoms with Crippen molar-refractivity contribution < 1.29 is 33.3 Å². The summed E-state index contributed by atoms with van der Waals surface area (Å²) in [5, 5.41) is 3.02. The first kappa shape index (κ1) is 25.8. The number of rotatable bonds is 7. The highest BCUT2D eigenvalue weighted by atomic mass is 16.5. The standard InChI is InChI=1S/C28H33N3O7/c1-35-21-9-4-18(5-10-21)27(34)31-22(25(32)29-20-7-8-20)17-38-28(31)12-14-30(15-13-28)26(33)19-6-11-23(36-2)24(16-19)37-3/h4-6,9-11,16,20,22H,7-8,12-15,17H2,1-3H3,(H,29,32). The minimum Gasteiger partial charge on any atom is -0.497 e. The normalized spacial score (nSPS) is 20.2. The van der Waals surface area contributed by atoms with E-state index in [1.54, 1.807) is 66.5 Å². The monoisotopic (exact) mass is 523 g/mol. The number of amides is 3. The fraction of sp³-hybridized carbons (Fsp3) is 0.464. The molecule has 0 radical (unpaired) electrons. The Morgan fingerprint density at radius 1 is 0.868 bits per heavy atom. The van der Waals surface area contributed by atoms with Crippen molar-refractivity contribution in [1.29, 1.82) is 0 Å². The van der Waals surface area contributed by atoms with Gasteiger partial charge in [-0.15, -0.1) is 0 Å². The van der Waals surface area contributed by atoms with Crippen LogP contribution in [0.3, 0.4) is 0 Å². The summed E-state index contributed by atoms with van der Waals surface area (Å²) in [6.07, 6.45) is 2.68. The van der Waals surface area contributed by atoms with Crippen molar-refractivity contribution in [1.82, 2.24) is 15.1 Å². The van der Waals surface area contributed by atoms with Crippen molar-refractivity contribution in [2.24, 2.45) is 0 Å². The molecule has 1 aliphatic carbocycles. The summed E-state index contributed by atoms with van der Waals surface area (Å²) >= 11 is 0. The molecule has 10 heteroatoms. The van der Waals surface area contributed by atoms with E-state index >= 15 is 0 Å². The molecule has 10 nitrogen and oxygen atoms in total. The third-order valence-electron chi connectivity index (χ3n) is 7.51. The van der Waals surface area contributed by atoms with Crippen molar-refractivity contribution in [3.05, 3.63) is 53.6 Å². The van der Waals surface area contributed by atoms with Crippen LogP contribution in [0.4, 0.5) is 0 Å². The topological polar surface area (TPSA) is 107 Å². The Balaban J connectivity index is 1.36. The molecule has 1 atom stereocenters. The Labute approximate surface area is 221 Å². The Kier molecular flexibility index (Phi) is 7.16. The smallest absolute Gasteiger partial charge is 0.256 e. The molecular formula is C28H33N3O7. The van der Waals surface area contributed by atoms with Gasteiger partial charge in [0.15, 0.2) is 11.5 Å². The molecule has 5 rings (SSSR count). The van der Waals surface area contributed by atoms with Crippen LogP contribution >= 0.6 is 0 Å². The SMILES string of the molecule is COc1ccc(C(=O)N2C(C(=O)NC3CC3)COC23CCN(C(=O)c2ccc(OC)c(OC)c2)CC3)cc1. The van der Waals surface area contributed by atoms with E-state index in [4.69, 9.17) is 18.9 Å². The number of hydrogen-bond acceptors (Lipinski definition) is 7. The van der Waals surface area contributed by atoms with Gasteiger partial charge < -0.3 is 29.2 Å². The molecule has 1 unspecified atom stereocenters. The Bertz CT molecular complexity index is 1200. The van der Waals surface area contributed by atoms with E-state index in [0.29, 0.717) is 54.3 Å². The Hall–Kier alpha value is -3.79. The second-order valence-corrected chi connectivity index (χ2v) is 9.82. The number of benzene rings is 2. The van der Waals surface area contributed by atoms with Crippen molar-refractivity contribution in [3.8, 4) is 17.2 Å². The maximum Gasteiger partial charge on any atom is 0.256 e. The van der Waals surface area contributed by atoms with Crippen LogP contribution in [0.2, 0.25) is 0 Å². The number of methoxy groups -OCH3 is 3. The van der Waals surface area contributed by atoms with Crippen molar-refractivity contribution >= 4 is 17.7 Å². The third kappa shape index (κ3) is 4.88. The predicted octanol–water partition coefficient (Wildman–Crippen LogP) is 2.46. The second-order valence-electron chi connectivity index (χ2n) is 9.82. The molecular weight excluding hydrogens is 490 g/mol. The van der Waals surface area contributed by atoms with Gasteiger partial charge in [-0.1, -0.05) is 0 Å². The summed E-state index contributed by atoms with van der Waals surface area (Å²) in [7, 11) is 4.63. The maximum absolute atomic E-state index is 13.8. The van der Waals surface area contributed by atoms with Crippen LogP contribution in [0.1, 0.15) is 46.4 Å². The van der Waals surface area contributed by atoms with Crippen molar-refractivity contribution in [2.45, 2.75) is 43.5 Å². The van der Waals surface area contributed by atoms with Gasteiger partial charge in [0.2, 0.25) is 5.91 Å². The molecule has 3 aliphatic rings. The number of carbonyl (C=O) groups excluding carboxylic acids is 3. The lowest BCUT2D eigenvalue weighted by Crippen LogP contribution is -2.60. The second kappa shape index (κ2) is 10.5. The number of nitrogens with zero attached hydrogens (tertiary/aromatic N) is 2. The molecule has 0 aromatic heterocycles. The van der Waals surface area contributed by atoms with Gasteiger partial charge in [-0.2, -0.15) is 0 Å². The molecule has 38 heavy (non-hydrogen) atoms. The molecule has 1 spiro atoms. The summed E-state index contributed by atoms with van der Waals surface area (Å²) in [6, 6.07) is 11.3. The maximum atomic E-state index is 13.8. The lowest BCUT2D eigenvalue weighted by Gasteiger charge is -2.44. The van der Waals surface area contributed by atoms with E-state index in [0.717, 1.165) is 12.8 Å². The van der Waals surface area contributed by atoms with E-state index < -0.39 is 11.8 Å². The zero-order chi connectivity index (χ0) is 26.9. The first-order valence-electron chi connectivity index (χ1n) is 12.8. The molecule has 2 aromatic rings. The molecule has 2 heterocycles. The van der Waals surface area contributed by atoms with Crippen LogP contribution in [-0.2, 0) is 9.53 Å². The molecule has 1 N–H and O–H groups in total. The van der Waals surface area contributed by atoms with Crippen LogP contribution in [0.5, 0.6) is 17.2 Å². The fourth-order valence-electron chi connectivity index (χ4n) is 5.18. The Morgan fingerprint density at radius 3 is 2.13 bits per heavy atom. The summed E-state index contributed by atoms with van der Waals surface area (Å²) in [6.45, 7) is 0.858. The molecule has 1 saturated carbocycles. The molecule has 3 amide bonds. The average Bonchev–Trinajstić information content (AvgIpc) is 3.70. The van der Waals surface area contributed by atoms with Gasteiger partial charge in [0.1, 0.15) is 17.5 Å². The zero-order valence-corrected chi connectivity index (χ0v) is 21.9. The third-order valence-corrected chi connectivity index (χ3v) is 7.51. The van der Waals surface area contributed by atoms with Crippen LogP contribution in [-0.4, -0.2) is 86.4 Å². The van der Waals surface area contributed by atoms with Crippen molar-refractivity contribution in [2.75, 3.05) is 41.0 Å². The highest BCUT2D eigenvalue weighted by Gasteiger charge is 2.54. The van der Waals surface area contributed by atoms with E-state index in [2.05, 4.69) is 5.32 Å². The summed E-state index contributed by atoms with van der Waals surface area (Å²) < 4.78 is 22.1. The predicted molar refractivity (Wildman–Crippen MR) is 137 cm³/mol. The number of ether oxygens (including phenoxy) is 4. The summed E-state index contributed by atoms with van der Waals surface area (Å²) in [5.74, 6) is 1.04. The van der Waals surface area contributed by atoms with E-state index in [-0.39, 0.29) is 30.4 Å². The highest BCUT2D eigenvalue weighted by molar-refractivity contribution is 5.99. The first-order valence-corrected chi connectivity index (χ1v) is 12.8. The summed E-state index contributed by atoms with van der Waals surface area (Å²) in [5.41, 5.74) is -0.0424. The highest BCUT2D eigenvalue weighted by Crippen LogP contribution is 2.39. The average molecular weight is 524 g/mol. The first-order chi connectivity index (χ1) is 18.4. The van der Waals surface area contributed by atoms with E-state index in [1.165, 1.54) is 7.11 Å². The lowest BCUT2D eigenvalue weighted by atomic mass is 9.96. The molecule has 2 saturated heterocycles. The molecule has 2 aromatic carbocycles. The molecule has 3 fully saturated rings. The van der Waals surface area contributed by atoms with E-state index in [9.17, 15) is 14.4 Å². The van der Waals surface area contributed by atoms with Gasteiger partial charge in [0, 0.05) is 43.1 Å². The summed E-state index contributed by atoms with van der Waals surface area (Å²) in [4.78, 5) is 43.6. The minimum absolute atomic E-state index is 0.115. The van der Waals surface area contributed by atoms with Crippen LogP contribution in [0.15, 0.2) is 42.5 Å². The molecule has 2 aliphatic heterocycles. The van der Waals surface area contributed by atoms with Gasteiger partial charge in [-0.05, 0) is 55.3 Å². The molecule has 0 bridgehead atoms. The largest absolute Gasteiger partial charge is 0.497 e. The zero-order valence-electron chi connectivity index (χ0n) is 21.9. The fourth-order valence-corrected chi connectivity index (χ4v) is 5.18.